The van der Waals surface area contributed by atoms with Crippen LogP contribution in [0.4, 0.5) is 0 Å². The lowest BCUT2D eigenvalue weighted by Gasteiger charge is -2.64. The molecule has 0 bridgehead atoms. The third kappa shape index (κ3) is 3.12. The van der Waals surface area contributed by atoms with Gasteiger partial charge in [0.1, 0.15) is 6.10 Å². The van der Waals surface area contributed by atoms with Crippen LogP contribution in [-0.4, -0.2) is 40.5 Å². The van der Waals surface area contributed by atoms with Gasteiger partial charge in [0, 0.05) is 32.0 Å². The Morgan fingerprint density at radius 1 is 0.970 bits per heavy atom. The number of hydrogen-bond donors (Lipinski definition) is 0. The minimum atomic E-state index is -0.199. The van der Waals surface area contributed by atoms with Crippen molar-refractivity contribution < 1.29 is 9.53 Å². The van der Waals surface area contributed by atoms with Gasteiger partial charge < -0.3 is 4.74 Å². The molecule has 0 aromatic carbocycles. The molecule has 4 aliphatic carbocycles. The quantitative estimate of drug-likeness (QED) is 0.313. The Hall–Kier alpha value is -0.280. The van der Waals surface area contributed by atoms with E-state index in [-0.39, 0.29) is 22.4 Å². The van der Waals surface area contributed by atoms with Crippen molar-refractivity contribution in [3.63, 3.8) is 0 Å². The Morgan fingerprint density at radius 2 is 1.76 bits per heavy atom. The summed E-state index contributed by atoms with van der Waals surface area (Å²) >= 11 is 7.52. The molecular formula is C29H46ClNO2. The van der Waals surface area contributed by atoms with Crippen LogP contribution in [0.5, 0.6) is 0 Å². The van der Waals surface area contributed by atoms with Crippen molar-refractivity contribution in [2.45, 2.75) is 122 Å². The van der Waals surface area contributed by atoms with Crippen LogP contribution in [0.2, 0.25) is 0 Å². The fraction of sp³-hybridized carbons (Fsp3) is 0.966. The molecule has 0 aromatic rings. The summed E-state index contributed by atoms with van der Waals surface area (Å²) in [6, 6.07) is 1.68. The minimum Gasteiger partial charge on any atom is -0.462 e. The first kappa shape index (κ1) is 23.1. The summed E-state index contributed by atoms with van der Waals surface area (Å²) in [4.78, 5) is 14.4. The van der Waals surface area contributed by atoms with E-state index in [2.05, 4.69) is 32.6 Å². The zero-order valence-electron chi connectivity index (χ0n) is 21.6. The normalized spacial score (nSPS) is 57.9. The average molecular weight is 476 g/mol. The fourth-order valence-corrected chi connectivity index (χ4v) is 11.8. The van der Waals surface area contributed by atoms with Crippen molar-refractivity contribution >= 4 is 17.6 Å². The number of piperidine rings is 1. The summed E-state index contributed by atoms with van der Waals surface area (Å²) in [5.41, 5.74) is 0.699. The van der Waals surface area contributed by atoms with Gasteiger partial charge in [-0.05, 0) is 104 Å². The monoisotopic (exact) mass is 475 g/mol. The first-order valence-corrected chi connectivity index (χ1v) is 14.6. The SMILES string of the molecule is CC(=O)O[C@H]1CC[C@]2(C)[C@H]3CC[C@]4(C)C5C(C[C@H]4[C@@H]3CC[C@@]2(Cl)C1)N1C[C@@H](C)CCC1[C@H]5C. The molecule has 6 aliphatic rings. The summed E-state index contributed by atoms with van der Waals surface area (Å²) in [6.07, 6.45) is 12.4. The van der Waals surface area contributed by atoms with Crippen molar-refractivity contribution in [2.75, 3.05) is 6.54 Å². The molecular weight excluding hydrogens is 430 g/mol. The van der Waals surface area contributed by atoms with Crippen LogP contribution >= 0.6 is 11.6 Å². The second-order valence-electron chi connectivity index (χ2n) is 14.0. The molecule has 186 valence electrons. The van der Waals surface area contributed by atoms with E-state index in [1.165, 1.54) is 45.1 Å². The molecule has 0 spiro atoms. The number of carbonyl (C=O) groups is 1. The fourth-order valence-electron chi connectivity index (χ4n) is 11.2. The maximum atomic E-state index is 11.6. The lowest BCUT2D eigenvalue weighted by Crippen LogP contribution is -2.61. The zero-order chi connectivity index (χ0) is 23.3. The Labute approximate surface area is 206 Å². The predicted molar refractivity (Wildman–Crippen MR) is 133 cm³/mol. The van der Waals surface area contributed by atoms with Gasteiger partial charge in [-0.2, -0.15) is 0 Å². The van der Waals surface area contributed by atoms with E-state index < -0.39 is 0 Å². The number of hydrogen-bond acceptors (Lipinski definition) is 3. The molecule has 0 aromatic heterocycles. The van der Waals surface area contributed by atoms with E-state index in [4.69, 9.17) is 16.3 Å². The van der Waals surface area contributed by atoms with Crippen molar-refractivity contribution in [3.8, 4) is 0 Å². The maximum absolute atomic E-state index is 11.6. The average Bonchev–Trinajstić information content (AvgIpc) is 3.20. The van der Waals surface area contributed by atoms with E-state index in [9.17, 15) is 4.79 Å². The number of alkyl halides is 1. The Kier molecular flexibility index (Phi) is 5.34. The van der Waals surface area contributed by atoms with Crippen LogP contribution in [0, 0.1) is 46.3 Å². The van der Waals surface area contributed by atoms with Crippen LogP contribution in [0.25, 0.3) is 0 Å². The van der Waals surface area contributed by atoms with E-state index in [0.717, 1.165) is 73.3 Å². The van der Waals surface area contributed by atoms with Crippen LogP contribution in [0.15, 0.2) is 0 Å². The van der Waals surface area contributed by atoms with Gasteiger partial charge >= 0.3 is 5.97 Å². The van der Waals surface area contributed by atoms with Crippen LogP contribution in [-0.2, 0) is 9.53 Å². The first-order chi connectivity index (χ1) is 15.6. The Morgan fingerprint density at radius 3 is 2.52 bits per heavy atom. The smallest absolute Gasteiger partial charge is 0.302 e. The van der Waals surface area contributed by atoms with Crippen molar-refractivity contribution in [3.05, 3.63) is 0 Å². The molecule has 4 saturated carbocycles. The number of nitrogens with zero attached hydrogens (tertiary/aromatic N) is 1. The molecule has 6 rings (SSSR count). The van der Waals surface area contributed by atoms with Crippen LogP contribution in [0.3, 0.4) is 0 Å². The van der Waals surface area contributed by atoms with Gasteiger partial charge in [0.25, 0.3) is 0 Å². The molecule has 33 heavy (non-hydrogen) atoms. The highest BCUT2D eigenvalue weighted by atomic mass is 35.5. The van der Waals surface area contributed by atoms with E-state index >= 15 is 0 Å². The summed E-state index contributed by atoms with van der Waals surface area (Å²) in [7, 11) is 0. The van der Waals surface area contributed by atoms with Crippen molar-refractivity contribution in [1.29, 1.82) is 0 Å². The van der Waals surface area contributed by atoms with Gasteiger partial charge in [-0.25, -0.2) is 0 Å². The van der Waals surface area contributed by atoms with E-state index in [1.54, 1.807) is 6.92 Å². The number of fused-ring (bicyclic) bond motifs is 9. The van der Waals surface area contributed by atoms with Crippen molar-refractivity contribution in [1.82, 2.24) is 4.90 Å². The molecule has 2 heterocycles. The summed E-state index contributed by atoms with van der Waals surface area (Å²) < 4.78 is 5.66. The first-order valence-electron chi connectivity index (χ1n) is 14.2. The van der Waals surface area contributed by atoms with Gasteiger partial charge in [0.05, 0.1) is 4.87 Å². The molecule has 0 amide bonds. The number of esters is 1. The topological polar surface area (TPSA) is 29.5 Å². The second kappa shape index (κ2) is 7.61. The molecule has 0 radical (unpaired) electrons. The molecule has 12 atom stereocenters. The molecule has 4 heteroatoms. The number of carbonyl (C=O) groups excluding carboxylic acids is 1. The van der Waals surface area contributed by atoms with Crippen LogP contribution in [0.1, 0.15) is 98.8 Å². The van der Waals surface area contributed by atoms with Crippen molar-refractivity contribution in [2.24, 2.45) is 46.3 Å². The highest BCUT2D eigenvalue weighted by Gasteiger charge is 2.69. The van der Waals surface area contributed by atoms with E-state index in [0.29, 0.717) is 5.41 Å². The molecule has 3 nitrogen and oxygen atoms in total. The summed E-state index contributed by atoms with van der Waals surface area (Å²) in [5, 5.41) is 0. The van der Waals surface area contributed by atoms with Gasteiger partial charge in [0.2, 0.25) is 0 Å². The van der Waals surface area contributed by atoms with Crippen LogP contribution < -0.4 is 0 Å². The van der Waals surface area contributed by atoms with Gasteiger partial charge in [-0.1, -0.05) is 27.7 Å². The largest absolute Gasteiger partial charge is 0.462 e. The predicted octanol–water partition coefficient (Wildman–Crippen LogP) is 6.67. The van der Waals surface area contributed by atoms with E-state index in [1.807, 2.05) is 0 Å². The Balaban J connectivity index is 1.27. The zero-order valence-corrected chi connectivity index (χ0v) is 22.4. The third-order valence-electron chi connectivity index (χ3n) is 12.6. The minimum absolute atomic E-state index is 0.0168. The maximum Gasteiger partial charge on any atom is 0.302 e. The number of rotatable bonds is 1. The van der Waals surface area contributed by atoms with Gasteiger partial charge in [-0.15, -0.1) is 11.6 Å². The van der Waals surface area contributed by atoms with Gasteiger partial charge in [0.15, 0.2) is 0 Å². The highest BCUT2D eigenvalue weighted by Crippen LogP contribution is 2.72. The molecule has 0 N–H and O–H groups in total. The molecule has 6 fully saturated rings. The standard InChI is InChI=1S/C29H46ClNO2/c1-17-6-7-24-18(2)26-25(31(24)16-17)14-23-21-9-13-29(30)15-20(33-19(3)32)8-12-28(29,5)22(21)10-11-27(23,26)4/h17-18,20-26H,6-16H2,1-5H3/t17-,18+,20-,21+,22-,23-,24?,25?,26?,27-,28+,29+/m0/s1. The van der Waals surface area contributed by atoms with Gasteiger partial charge in [-0.3, -0.25) is 9.69 Å². The Bertz CT molecular complexity index is 817. The third-order valence-corrected chi connectivity index (χ3v) is 13.4. The summed E-state index contributed by atoms with van der Waals surface area (Å²) in [6.45, 7) is 13.2. The molecule has 2 saturated heterocycles. The summed E-state index contributed by atoms with van der Waals surface area (Å²) in [5.74, 6) is 4.93. The lowest BCUT2D eigenvalue weighted by atomic mass is 9.44. The molecule has 2 aliphatic heterocycles. The second-order valence-corrected chi connectivity index (χ2v) is 14.7. The molecule has 3 unspecified atom stereocenters. The number of ether oxygens (including phenoxy) is 1. The lowest BCUT2D eigenvalue weighted by molar-refractivity contribution is -0.157. The number of halogens is 1. The highest BCUT2D eigenvalue weighted by molar-refractivity contribution is 6.24.